The van der Waals surface area contributed by atoms with Crippen LogP contribution >= 0.6 is 12.0 Å². The molecule has 0 spiro atoms. The zero-order valence-corrected chi connectivity index (χ0v) is 10.6. The Hall–Kier alpha value is 0.140. The predicted molar refractivity (Wildman–Crippen MR) is 60.8 cm³/mol. The van der Waals surface area contributed by atoms with Crippen molar-refractivity contribution in [2.45, 2.75) is 32.1 Å². The highest BCUT2D eigenvalue weighted by Crippen LogP contribution is 2.17. The lowest BCUT2D eigenvalue weighted by Crippen LogP contribution is -2.34. The summed E-state index contributed by atoms with van der Waals surface area (Å²) >= 11 is 0.564. The van der Waals surface area contributed by atoms with Gasteiger partial charge in [-0.15, -0.1) is 4.33 Å². The van der Waals surface area contributed by atoms with Gasteiger partial charge in [-0.25, -0.2) is 18.0 Å². The van der Waals surface area contributed by atoms with Crippen molar-refractivity contribution in [3.63, 3.8) is 0 Å². The van der Waals surface area contributed by atoms with E-state index in [9.17, 15) is 8.42 Å². The molecule has 0 aliphatic carbocycles. The fourth-order valence-corrected chi connectivity index (χ4v) is 3.77. The van der Waals surface area contributed by atoms with E-state index in [-0.39, 0.29) is 5.08 Å². The normalized spacial score (nSPS) is 20.3. The standard InChI is InChI=1S/C8H17NO5S2/c10-13-14-15-8-16(11,12)9-6-4-2-1-3-5-7-9/h10H,1-8H2. The van der Waals surface area contributed by atoms with E-state index < -0.39 is 10.0 Å². The van der Waals surface area contributed by atoms with Crippen LogP contribution in [0.2, 0.25) is 0 Å². The minimum Gasteiger partial charge on any atom is -0.220 e. The summed E-state index contributed by atoms with van der Waals surface area (Å²) in [7, 11) is -3.31. The fourth-order valence-electron chi connectivity index (χ4n) is 1.67. The Labute approximate surface area is 100 Å². The summed E-state index contributed by atoms with van der Waals surface area (Å²) in [5.74, 6) is 0. The van der Waals surface area contributed by atoms with Crippen molar-refractivity contribution in [1.29, 1.82) is 0 Å². The monoisotopic (exact) mass is 271 g/mol. The van der Waals surface area contributed by atoms with Crippen molar-refractivity contribution in [2.24, 2.45) is 0 Å². The molecule has 0 radical (unpaired) electrons. The van der Waals surface area contributed by atoms with Crippen molar-refractivity contribution in [3.8, 4) is 0 Å². The van der Waals surface area contributed by atoms with Gasteiger partial charge >= 0.3 is 0 Å². The van der Waals surface area contributed by atoms with Crippen LogP contribution in [-0.4, -0.2) is 36.2 Å². The van der Waals surface area contributed by atoms with Crippen LogP contribution in [0.3, 0.4) is 0 Å². The Bertz CT molecular complexity index is 274. The third-order valence-corrected chi connectivity index (χ3v) is 5.37. The topological polar surface area (TPSA) is 76.1 Å². The number of sulfonamides is 1. The quantitative estimate of drug-likeness (QED) is 0.354. The van der Waals surface area contributed by atoms with E-state index in [0.29, 0.717) is 25.1 Å². The van der Waals surface area contributed by atoms with E-state index in [0.717, 1.165) is 25.7 Å². The average molecular weight is 271 g/mol. The first-order valence-corrected chi connectivity index (χ1v) is 7.76. The van der Waals surface area contributed by atoms with Gasteiger partial charge in [-0.05, 0) is 12.8 Å². The lowest BCUT2D eigenvalue weighted by atomic mass is 10.1. The molecule has 1 aliphatic rings. The zero-order valence-electron chi connectivity index (χ0n) is 9.00. The smallest absolute Gasteiger partial charge is 0.220 e. The minimum atomic E-state index is -3.31. The van der Waals surface area contributed by atoms with Crippen LogP contribution in [0.1, 0.15) is 32.1 Å². The molecule has 0 atom stereocenters. The van der Waals surface area contributed by atoms with E-state index in [1.165, 1.54) is 10.7 Å². The van der Waals surface area contributed by atoms with Gasteiger partial charge in [0.1, 0.15) is 5.08 Å². The van der Waals surface area contributed by atoms with Gasteiger partial charge in [0.05, 0.1) is 12.0 Å². The molecule has 96 valence electrons. The van der Waals surface area contributed by atoms with Gasteiger partial charge in [-0.2, -0.15) is 0 Å². The van der Waals surface area contributed by atoms with Crippen LogP contribution in [0.5, 0.6) is 0 Å². The van der Waals surface area contributed by atoms with Gasteiger partial charge < -0.3 is 0 Å². The first-order valence-electron chi connectivity index (χ1n) is 5.24. The van der Waals surface area contributed by atoms with Gasteiger partial charge in [0.25, 0.3) is 0 Å². The van der Waals surface area contributed by atoms with Gasteiger partial charge in [-0.1, -0.05) is 24.3 Å². The molecule has 0 unspecified atom stereocenters. The Morgan fingerprint density at radius 2 is 1.69 bits per heavy atom. The molecule has 0 bridgehead atoms. The van der Waals surface area contributed by atoms with Crippen LogP contribution in [-0.2, 0) is 19.4 Å². The molecule has 6 nitrogen and oxygen atoms in total. The molecular weight excluding hydrogens is 254 g/mol. The molecule has 8 heteroatoms. The van der Waals surface area contributed by atoms with Gasteiger partial charge in [0, 0.05) is 13.1 Å². The Kier molecular flexibility index (Phi) is 6.62. The van der Waals surface area contributed by atoms with E-state index in [2.05, 4.69) is 9.37 Å². The van der Waals surface area contributed by atoms with Crippen molar-refractivity contribution in [1.82, 2.24) is 4.31 Å². The number of nitrogens with zero attached hydrogens (tertiary/aromatic N) is 1. The lowest BCUT2D eigenvalue weighted by molar-refractivity contribution is -0.432. The van der Waals surface area contributed by atoms with E-state index in [1.807, 2.05) is 0 Å². The van der Waals surface area contributed by atoms with Crippen molar-refractivity contribution >= 4 is 22.1 Å². The SMILES string of the molecule is O=S(=O)(CSOOO)N1CCCCCCC1. The summed E-state index contributed by atoms with van der Waals surface area (Å²) in [4.78, 5) is 0. The van der Waals surface area contributed by atoms with Crippen molar-refractivity contribution < 1.29 is 23.0 Å². The summed E-state index contributed by atoms with van der Waals surface area (Å²) in [6.07, 6.45) is 5.15. The van der Waals surface area contributed by atoms with Crippen LogP contribution < -0.4 is 0 Å². The molecule has 16 heavy (non-hydrogen) atoms. The number of rotatable bonds is 5. The van der Waals surface area contributed by atoms with Crippen molar-refractivity contribution in [2.75, 3.05) is 18.2 Å². The fraction of sp³-hybridized carbons (Fsp3) is 1.00. The second-order valence-electron chi connectivity index (χ2n) is 3.66. The molecule has 1 fully saturated rings. The molecule has 0 aromatic carbocycles. The summed E-state index contributed by atoms with van der Waals surface area (Å²) in [5.41, 5.74) is 0. The number of hydrogen-bond donors (Lipinski definition) is 1. The first kappa shape index (κ1) is 14.2. The lowest BCUT2D eigenvalue weighted by Gasteiger charge is -2.23. The molecule has 1 rings (SSSR count). The van der Waals surface area contributed by atoms with Crippen LogP contribution in [0.25, 0.3) is 0 Å². The van der Waals surface area contributed by atoms with Crippen molar-refractivity contribution in [3.05, 3.63) is 0 Å². The maximum absolute atomic E-state index is 11.8. The van der Waals surface area contributed by atoms with Crippen LogP contribution in [0.15, 0.2) is 0 Å². The zero-order chi connectivity index (χ0) is 11.9. The van der Waals surface area contributed by atoms with Crippen LogP contribution in [0.4, 0.5) is 0 Å². The largest absolute Gasteiger partial charge is 0.225 e. The van der Waals surface area contributed by atoms with Gasteiger partial charge in [0.15, 0.2) is 0 Å². The second-order valence-corrected chi connectivity index (χ2v) is 6.65. The highest BCUT2D eigenvalue weighted by molar-refractivity contribution is 8.08. The van der Waals surface area contributed by atoms with E-state index >= 15 is 0 Å². The molecule has 1 heterocycles. The highest BCUT2D eigenvalue weighted by atomic mass is 32.3. The molecule has 1 N–H and O–H groups in total. The van der Waals surface area contributed by atoms with E-state index in [1.54, 1.807) is 0 Å². The Morgan fingerprint density at radius 1 is 1.12 bits per heavy atom. The molecule has 0 saturated carbocycles. The summed E-state index contributed by atoms with van der Waals surface area (Å²) in [6, 6.07) is 0. The predicted octanol–water partition coefficient (Wildman–Crippen LogP) is 1.61. The molecule has 0 amide bonds. The molecule has 0 aromatic heterocycles. The third-order valence-electron chi connectivity index (χ3n) is 2.48. The summed E-state index contributed by atoms with van der Waals surface area (Å²) in [5, 5.41) is 11.0. The highest BCUT2D eigenvalue weighted by Gasteiger charge is 2.22. The Balaban J connectivity index is 2.44. The maximum atomic E-state index is 11.8. The van der Waals surface area contributed by atoms with Gasteiger partial charge in [0.2, 0.25) is 10.0 Å². The maximum Gasteiger partial charge on any atom is 0.225 e. The van der Waals surface area contributed by atoms with E-state index in [4.69, 9.17) is 5.26 Å². The molecule has 1 aliphatic heterocycles. The minimum absolute atomic E-state index is 0.242. The second kappa shape index (κ2) is 7.46. The Morgan fingerprint density at radius 3 is 2.25 bits per heavy atom. The summed E-state index contributed by atoms with van der Waals surface area (Å²) in [6.45, 7) is 1.14. The molecule has 0 aromatic rings. The first-order chi connectivity index (χ1) is 7.67. The third kappa shape index (κ3) is 4.98. The molecular formula is C8H17NO5S2. The van der Waals surface area contributed by atoms with Crippen LogP contribution in [0, 0.1) is 0 Å². The molecule has 1 saturated heterocycles. The number of hydrogen-bond acceptors (Lipinski definition) is 6. The van der Waals surface area contributed by atoms with Gasteiger partial charge in [-0.3, -0.25) is 0 Å². The summed E-state index contributed by atoms with van der Waals surface area (Å²) < 4.78 is 29.2. The average Bonchev–Trinajstić information content (AvgIpc) is 2.16.